The highest BCUT2D eigenvalue weighted by atomic mass is 16.5. The van der Waals surface area contributed by atoms with E-state index in [4.69, 9.17) is 4.74 Å². The van der Waals surface area contributed by atoms with Crippen molar-refractivity contribution in [2.24, 2.45) is 0 Å². The molecule has 3 aromatic rings. The van der Waals surface area contributed by atoms with E-state index in [1.807, 2.05) is 60.8 Å². The number of ether oxygens (including phenoxy) is 1. The highest BCUT2D eigenvalue weighted by Gasteiger charge is 2.02. The highest BCUT2D eigenvalue weighted by molar-refractivity contribution is 5.81. The fourth-order valence-corrected chi connectivity index (χ4v) is 2.47. The average Bonchev–Trinajstić information content (AvgIpc) is 2.55. The van der Waals surface area contributed by atoms with Gasteiger partial charge in [-0.3, -0.25) is 4.79 Å². The van der Waals surface area contributed by atoms with E-state index in [9.17, 15) is 4.79 Å². The maximum absolute atomic E-state index is 12.4. The van der Waals surface area contributed by atoms with Crippen LogP contribution >= 0.6 is 0 Å². The van der Waals surface area contributed by atoms with Crippen LogP contribution in [0.2, 0.25) is 0 Å². The molecule has 22 heavy (non-hydrogen) atoms. The SMILES string of the molecule is Cc1ccc(OCCCn2ccc3ccccc3c2=O)cc1. The summed E-state index contributed by atoms with van der Waals surface area (Å²) in [6, 6.07) is 17.7. The predicted molar refractivity (Wildman–Crippen MR) is 89.5 cm³/mol. The third-order valence-corrected chi connectivity index (χ3v) is 3.72. The second-order valence-corrected chi connectivity index (χ2v) is 5.42. The van der Waals surface area contributed by atoms with E-state index in [0.717, 1.165) is 22.9 Å². The lowest BCUT2D eigenvalue weighted by atomic mass is 10.2. The molecule has 0 fully saturated rings. The van der Waals surface area contributed by atoms with Crippen molar-refractivity contribution in [3.05, 3.63) is 76.7 Å². The van der Waals surface area contributed by atoms with Gasteiger partial charge in [-0.05, 0) is 43.0 Å². The molecule has 0 saturated carbocycles. The number of benzene rings is 2. The van der Waals surface area contributed by atoms with Gasteiger partial charge in [0.15, 0.2) is 0 Å². The van der Waals surface area contributed by atoms with Crippen LogP contribution in [-0.2, 0) is 6.54 Å². The van der Waals surface area contributed by atoms with Crippen molar-refractivity contribution in [1.29, 1.82) is 0 Å². The number of aromatic nitrogens is 1. The van der Waals surface area contributed by atoms with E-state index in [1.165, 1.54) is 5.56 Å². The monoisotopic (exact) mass is 293 g/mol. The summed E-state index contributed by atoms with van der Waals surface area (Å²) in [5.74, 6) is 0.872. The third kappa shape index (κ3) is 3.19. The van der Waals surface area contributed by atoms with Crippen LogP contribution in [-0.4, -0.2) is 11.2 Å². The normalized spacial score (nSPS) is 10.8. The summed E-state index contributed by atoms with van der Waals surface area (Å²) in [5, 5.41) is 1.75. The average molecular weight is 293 g/mol. The number of hydrogen-bond acceptors (Lipinski definition) is 2. The molecule has 0 aliphatic carbocycles. The van der Waals surface area contributed by atoms with Crippen molar-refractivity contribution in [1.82, 2.24) is 4.57 Å². The maximum atomic E-state index is 12.4. The fraction of sp³-hybridized carbons (Fsp3) is 0.211. The minimum Gasteiger partial charge on any atom is -0.494 e. The van der Waals surface area contributed by atoms with Gasteiger partial charge in [0.2, 0.25) is 0 Å². The molecule has 0 amide bonds. The molecule has 2 aromatic carbocycles. The van der Waals surface area contributed by atoms with Gasteiger partial charge in [0, 0.05) is 18.1 Å². The minimum absolute atomic E-state index is 0.0634. The minimum atomic E-state index is 0.0634. The largest absolute Gasteiger partial charge is 0.494 e. The number of rotatable bonds is 5. The first-order chi connectivity index (χ1) is 10.7. The molecule has 0 unspecified atom stereocenters. The summed E-state index contributed by atoms with van der Waals surface area (Å²) in [6.45, 7) is 3.31. The first kappa shape index (κ1) is 14.4. The molecule has 0 radical (unpaired) electrons. The van der Waals surface area contributed by atoms with Crippen molar-refractivity contribution in [2.45, 2.75) is 19.9 Å². The first-order valence-corrected chi connectivity index (χ1v) is 7.52. The summed E-state index contributed by atoms with van der Waals surface area (Å²) in [7, 11) is 0. The van der Waals surface area contributed by atoms with Crippen LogP contribution in [0, 0.1) is 6.92 Å². The Hall–Kier alpha value is -2.55. The molecule has 0 aliphatic rings. The maximum Gasteiger partial charge on any atom is 0.258 e. The lowest BCUT2D eigenvalue weighted by Gasteiger charge is -2.09. The Morgan fingerprint density at radius 2 is 1.77 bits per heavy atom. The molecule has 0 aliphatic heterocycles. The summed E-state index contributed by atoms with van der Waals surface area (Å²) >= 11 is 0. The third-order valence-electron chi connectivity index (χ3n) is 3.72. The van der Waals surface area contributed by atoms with E-state index in [0.29, 0.717) is 13.2 Å². The lowest BCUT2D eigenvalue weighted by Crippen LogP contribution is -2.20. The zero-order valence-electron chi connectivity index (χ0n) is 12.7. The lowest BCUT2D eigenvalue weighted by molar-refractivity contribution is 0.301. The Kier molecular flexibility index (Phi) is 4.24. The fourth-order valence-electron chi connectivity index (χ4n) is 2.47. The highest BCUT2D eigenvalue weighted by Crippen LogP contribution is 2.12. The summed E-state index contributed by atoms with van der Waals surface area (Å²) in [5.41, 5.74) is 1.28. The number of aryl methyl sites for hydroxylation is 2. The molecular formula is C19H19NO2. The first-order valence-electron chi connectivity index (χ1n) is 7.52. The molecule has 3 heteroatoms. The topological polar surface area (TPSA) is 31.2 Å². The van der Waals surface area contributed by atoms with Crippen molar-refractivity contribution in [2.75, 3.05) is 6.61 Å². The van der Waals surface area contributed by atoms with Crippen LogP contribution in [0.3, 0.4) is 0 Å². The van der Waals surface area contributed by atoms with Gasteiger partial charge >= 0.3 is 0 Å². The molecule has 1 heterocycles. The van der Waals surface area contributed by atoms with Crippen LogP contribution in [0.5, 0.6) is 5.75 Å². The van der Waals surface area contributed by atoms with Gasteiger partial charge in [-0.25, -0.2) is 0 Å². The molecule has 0 spiro atoms. The Morgan fingerprint density at radius 1 is 1.00 bits per heavy atom. The molecule has 0 bridgehead atoms. The van der Waals surface area contributed by atoms with Gasteiger partial charge in [0.25, 0.3) is 5.56 Å². The van der Waals surface area contributed by atoms with Crippen LogP contribution in [0.1, 0.15) is 12.0 Å². The van der Waals surface area contributed by atoms with E-state index in [1.54, 1.807) is 4.57 Å². The number of nitrogens with zero attached hydrogens (tertiary/aromatic N) is 1. The zero-order chi connectivity index (χ0) is 15.4. The second-order valence-electron chi connectivity index (χ2n) is 5.42. The van der Waals surface area contributed by atoms with Crippen LogP contribution in [0.15, 0.2) is 65.6 Å². The molecule has 1 aromatic heterocycles. The van der Waals surface area contributed by atoms with E-state index in [2.05, 4.69) is 6.92 Å². The smallest absolute Gasteiger partial charge is 0.258 e. The van der Waals surface area contributed by atoms with Crippen molar-refractivity contribution in [3.8, 4) is 5.75 Å². The zero-order valence-corrected chi connectivity index (χ0v) is 12.7. The van der Waals surface area contributed by atoms with E-state index < -0.39 is 0 Å². The second kappa shape index (κ2) is 6.48. The van der Waals surface area contributed by atoms with Gasteiger partial charge in [0.05, 0.1) is 6.61 Å². The van der Waals surface area contributed by atoms with E-state index >= 15 is 0 Å². The molecule has 112 valence electrons. The molecule has 0 saturated heterocycles. The van der Waals surface area contributed by atoms with Gasteiger partial charge in [0.1, 0.15) is 5.75 Å². The molecule has 3 nitrogen and oxygen atoms in total. The van der Waals surface area contributed by atoms with Crippen molar-refractivity contribution >= 4 is 10.8 Å². The summed E-state index contributed by atoms with van der Waals surface area (Å²) in [4.78, 5) is 12.4. The number of pyridine rings is 1. The van der Waals surface area contributed by atoms with Crippen LogP contribution < -0.4 is 10.3 Å². The Morgan fingerprint density at radius 3 is 2.59 bits per heavy atom. The Balaban J connectivity index is 1.61. The van der Waals surface area contributed by atoms with Gasteiger partial charge in [-0.2, -0.15) is 0 Å². The predicted octanol–water partition coefficient (Wildman–Crippen LogP) is 3.78. The Labute approximate surface area is 129 Å². The standard InChI is InChI=1S/C19H19NO2/c1-15-7-9-17(10-8-15)22-14-4-12-20-13-11-16-5-2-3-6-18(16)19(20)21/h2-3,5-11,13H,4,12,14H2,1H3. The molecular weight excluding hydrogens is 274 g/mol. The summed E-state index contributed by atoms with van der Waals surface area (Å²) < 4.78 is 7.45. The summed E-state index contributed by atoms with van der Waals surface area (Å²) in [6.07, 6.45) is 2.66. The van der Waals surface area contributed by atoms with E-state index in [-0.39, 0.29) is 5.56 Å². The Bertz CT molecular complexity index is 819. The molecule has 0 N–H and O–H groups in total. The number of hydrogen-bond donors (Lipinski definition) is 0. The quantitative estimate of drug-likeness (QED) is 0.670. The number of fused-ring (bicyclic) bond motifs is 1. The molecule has 3 rings (SSSR count). The van der Waals surface area contributed by atoms with Crippen LogP contribution in [0.25, 0.3) is 10.8 Å². The van der Waals surface area contributed by atoms with Gasteiger partial charge in [-0.1, -0.05) is 35.9 Å². The molecule has 0 atom stereocenters. The van der Waals surface area contributed by atoms with Crippen molar-refractivity contribution < 1.29 is 4.74 Å². The van der Waals surface area contributed by atoms with Gasteiger partial charge < -0.3 is 9.30 Å². The van der Waals surface area contributed by atoms with Crippen LogP contribution in [0.4, 0.5) is 0 Å². The van der Waals surface area contributed by atoms with Gasteiger partial charge in [-0.15, -0.1) is 0 Å². The van der Waals surface area contributed by atoms with Crippen molar-refractivity contribution in [3.63, 3.8) is 0 Å².